The van der Waals surface area contributed by atoms with Crippen LogP contribution in [-0.4, -0.2) is 26.1 Å². The summed E-state index contributed by atoms with van der Waals surface area (Å²) in [6.45, 7) is 14.6. The van der Waals surface area contributed by atoms with E-state index < -0.39 is 8.32 Å². The topological polar surface area (TPSA) is 29.5 Å². The van der Waals surface area contributed by atoms with Gasteiger partial charge in [0.15, 0.2) is 8.32 Å². The maximum atomic E-state index is 10.1. The number of hydrogen-bond donors (Lipinski definition) is 1. The highest BCUT2D eigenvalue weighted by atomic mass is 28.4. The molecule has 1 N–H and O–H groups in total. The van der Waals surface area contributed by atoms with Crippen molar-refractivity contribution in [3.05, 3.63) is 0 Å². The first-order chi connectivity index (χ1) is 12.2. The molecule has 0 saturated heterocycles. The lowest BCUT2D eigenvalue weighted by Crippen LogP contribution is -2.40. The molecule has 0 aromatic rings. The van der Waals surface area contributed by atoms with Gasteiger partial charge in [-0.15, -0.1) is 0 Å². The van der Waals surface area contributed by atoms with Crippen LogP contribution in [0.1, 0.15) is 118 Å². The van der Waals surface area contributed by atoms with Gasteiger partial charge in [-0.3, -0.25) is 0 Å². The molecule has 0 rings (SSSR count). The van der Waals surface area contributed by atoms with Crippen LogP contribution in [0.3, 0.4) is 0 Å². The Morgan fingerprint density at radius 3 is 1.62 bits per heavy atom. The number of aliphatic hydroxyl groups excluding tert-OH is 1. The molecule has 158 valence electrons. The smallest absolute Gasteiger partial charge is 0.191 e. The van der Waals surface area contributed by atoms with E-state index in [4.69, 9.17) is 4.43 Å². The number of rotatable bonds is 17. The fourth-order valence-electron chi connectivity index (χ4n) is 3.04. The third kappa shape index (κ3) is 14.2. The van der Waals surface area contributed by atoms with E-state index in [1.54, 1.807) is 0 Å². The van der Waals surface area contributed by atoms with Crippen molar-refractivity contribution in [2.75, 3.05) is 6.61 Å². The Hall–Kier alpha value is 0.137. The largest absolute Gasteiger partial charge is 0.417 e. The summed E-state index contributed by atoms with van der Waals surface area (Å²) >= 11 is 0. The van der Waals surface area contributed by atoms with Crippen molar-refractivity contribution < 1.29 is 9.53 Å². The van der Waals surface area contributed by atoms with E-state index in [1.807, 2.05) is 0 Å². The highest BCUT2D eigenvalue weighted by Crippen LogP contribution is 2.36. The zero-order valence-electron chi connectivity index (χ0n) is 19.0. The number of aliphatic hydroxyl groups is 1. The van der Waals surface area contributed by atoms with Crippen LogP contribution in [0.4, 0.5) is 0 Å². The Labute approximate surface area is 166 Å². The van der Waals surface area contributed by atoms with E-state index in [0.717, 1.165) is 32.3 Å². The minimum atomic E-state index is -1.59. The quantitative estimate of drug-likeness (QED) is 0.204. The molecule has 1 atom stereocenters. The van der Waals surface area contributed by atoms with Crippen LogP contribution in [0.5, 0.6) is 0 Å². The molecule has 0 aliphatic carbocycles. The predicted octanol–water partition coefficient (Wildman–Crippen LogP) is 7.85. The van der Waals surface area contributed by atoms with Gasteiger partial charge in [-0.25, -0.2) is 0 Å². The van der Waals surface area contributed by atoms with Crippen molar-refractivity contribution >= 4 is 8.32 Å². The number of hydrogen-bond acceptors (Lipinski definition) is 2. The van der Waals surface area contributed by atoms with Crippen LogP contribution in [0, 0.1) is 0 Å². The highest BCUT2D eigenvalue weighted by Gasteiger charge is 2.36. The van der Waals surface area contributed by atoms with Crippen LogP contribution >= 0.6 is 0 Å². The normalized spacial score (nSPS) is 14.0. The maximum absolute atomic E-state index is 10.1. The lowest BCUT2D eigenvalue weighted by Gasteiger charge is -2.36. The molecule has 0 heterocycles. The van der Waals surface area contributed by atoms with Crippen molar-refractivity contribution in [2.45, 2.75) is 142 Å². The molecule has 2 nitrogen and oxygen atoms in total. The van der Waals surface area contributed by atoms with Gasteiger partial charge in [0.1, 0.15) is 0 Å². The summed E-state index contributed by atoms with van der Waals surface area (Å²) in [7, 11) is -1.59. The standard InChI is InChI=1S/C23H50O2Si/c1-7-8-9-10-11-12-13-14-15-16-19-22(24)20-17-18-21-25-26(5,6)23(2,3)4/h22,24H,7-21H2,1-6H3. The lowest BCUT2D eigenvalue weighted by atomic mass is 10.0. The first-order valence-corrected chi connectivity index (χ1v) is 14.4. The zero-order chi connectivity index (χ0) is 19.9. The van der Waals surface area contributed by atoms with Gasteiger partial charge in [0, 0.05) is 6.61 Å². The van der Waals surface area contributed by atoms with E-state index in [0.29, 0.717) is 5.04 Å². The predicted molar refractivity (Wildman–Crippen MR) is 119 cm³/mol. The zero-order valence-corrected chi connectivity index (χ0v) is 20.0. The monoisotopic (exact) mass is 386 g/mol. The molecule has 1 unspecified atom stereocenters. The van der Waals surface area contributed by atoms with Crippen LogP contribution in [0.15, 0.2) is 0 Å². The van der Waals surface area contributed by atoms with Crippen molar-refractivity contribution in [1.82, 2.24) is 0 Å². The second-order valence-electron chi connectivity index (χ2n) is 9.73. The highest BCUT2D eigenvalue weighted by molar-refractivity contribution is 6.74. The summed E-state index contributed by atoms with van der Waals surface area (Å²) in [6.07, 6.45) is 17.6. The fraction of sp³-hybridized carbons (Fsp3) is 1.00. The van der Waals surface area contributed by atoms with E-state index in [2.05, 4.69) is 40.8 Å². The lowest BCUT2D eigenvalue weighted by molar-refractivity contribution is 0.144. The molecular formula is C23H50O2Si. The Bertz CT molecular complexity index is 310. The van der Waals surface area contributed by atoms with Gasteiger partial charge in [0.05, 0.1) is 6.10 Å². The summed E-state index contributed by atoms with van der Waals surface area (Å²) in [5.41, 5.74) is 0. The fourth-order valence-corrected chi connectivity index (χ4v) is 4.13. The maximum Gasteiger partial charge on any atom is 0.191 e. The minimum absolute atomic E-state index is 0.100. The van der Waals surface area contributed by atoms with Crippen LogP contribution in [-0.2, 0) is 4.43 Å². The third-order valence-electron chi connectivity index (χ3n) is 6.09. The van der Waals surface area contributed by atoms with Crippen molar-refractivity contribution in [1.29, 1.82) is 0 Å². The molecular weight excluding hydrogens is 336 g/mol. The molecule has 0 spiro atoms. The molecule has 3 heteroatoms. The van der Waals surface area contributed by atoms with Gasteiger partial charge in [-0.1, -0.05) is 91.9 Å². The number of unbranched alkanes of at least 4 members (excludes halogenated alkanes) is 10. The molecule has 0 aromatic heterocycles. The van der Waals surface area contributed by atoms with Crippen molar-refractivity contribution in [2.24, 2.45) is 0 Å². The second kappa shape index (κ2) is 15.1. The van der Waals surface area contributed by atoms with Crippen LogP contribution < -0.4 is 0 Å². The Kier molecular flexibility index (Phi) is 15.2. The van der Waals surface area contributed by atoms with Gasteiger partial charge in [0.25, 0.3) is 0 Å². The van der Waals surface area contributed by atoms with E-state index in [1.165, 1.54) is 64.2 Å². The van der Waals surface area contributed by atoms with E-state index >= 15 is 0 Å². The van der Waals surface area contributed by atoms with Crippen molar-refractivity contribution in [3.8, 4) is 0 Å². The average molecular weight is 387 g/mol. The van der Waals surface area contributed by atoms with Gasteiger partial charge < -0.3 is 9.53 Å². The summed E-state index contributed by atoms with van der Waals surface area (Å²) in [5.74, 6) is 0. The molecule has 0 saturated carbocycles. The van der Waals surface area contributed by atoms with Gasteiger partial charge >= 0.3 is 0 Å². The molecule has 0 aliphatic heterocycles. The molecule has 0 radical (unpaired) electrons. The molecule has 26 heavy (non-hydrogen) atoms. The molecule has 0 fully saturated rings. The van der Waals surface area contributed by atoms with E-state index in [9.17, 15) is 5.11 Å². The molecule has 0 bridgehead atoms. The van der Waals surface area contributed by atoms with Gasteiger partial charge in [0.2, 0.25) is 0 Å². The average Bonchev–Trinajstić information content (AvgIpc) is 2.55. The van der Waals surface area contributed by atoms with Gasteiger partial charge in [-0.2, -0.15) is 0 Å². The Morgan fingerprint density at radius 1 is 0.731 bits per heavy atom. The Morgan fingerprint density at radius 2 is 1.15 bits per heavy atom. The molecule has 0 amide bonds. The molecule has 0 aromatic carbocycles. The summed E-state index contributed by atoms with van der Waals surface area (Å²) < 4.78 is 6.20. The van der Waals surface area contributed by atoms with Crippen LogP contribution in [0.2, 0.25) is 18.1 Å². The summed E-state index contributed by atoms with van der Waals surface area (Å²) in [6, 6.07) is 0. The van der Waals surface area contributed by atoms with Crippen molar-refractivity contribution in [3.63, 3.8) is 0 Å². The molecule has 0 aliphatic rings. The summed E-state index contributed by atoms with van der Waals surface area (Å²) in [5, 5.41) is 10.4. The van der Waals surface area contributed by atoms with Crippen LogP contribution in [0.25, 0.3) is 0 Å². The van der Waals surface area contributed by atoms with E-state index in [-0.39, 0.29) is 6.10 Å². The van der Waals surface area contributed by atoms with Gasteiger partial charge in [-0.05, 0) is 43.8 Å². The summed E-state index contributed by atoms with van der Waals surface area (Å²) in [4.78, 5) is 0. The first kappa shape index (κ1) is 26.1. The SMILES string of the molecule is CCCCCCCCCCCCC(O)CCCCO[Si](C)(C)C(C)(C)C. The Balaban J connectivity index is 3.41. The second-order valence-corrected chi connectivity index (χ2v) is 14.5. The minimum Gasteiger partial charge on any atom is -0.417 e. The third-order valence-corrected chi connectivity index (χ3v) is 10.6. The first-order valence-electron chi connectivity index (χ1n) is 11.5.